The highest BCUT2D eigenvalue weighted by molar-refractivity contribution is 6.35. The van der Waals surface area contributed by atoms with Crippen LogP contribution in [0.4, 0.5) is 5.69 Å². The molecule has 27 heavy (non-hydrogen) atoms. The number of nitrogens with one attached hydrogen (secondary N) is 1. The van der Waals surface area contributed by atoms with E-state index in [0.717, 1.165) is 0 Å². The molecule has 0 atom stereocenters. The molecule has 5 nitrogen and oxygen atoms in total. The monoisotopic (exact) mass is 398 g/mol. The Balaban J connectivity index is 1.85. The summed E-state index contributed by atoms with van der Waals surface area (Å²) in [5, 5.41) is 22.4. The quantitative estimate of drug-likeness (QED) is 0.344. The molecule has 0 saturated carbocycles. The Bertz CT molecular complexity index is 1080. The summed E-state index contributed by atoms with van der Waals surface area (Å²) in [5.74, 6) is -0.0195. The van der Waals surface area contributed by atoms with Crippen molar-refractivity contribution in [2.24, 2.45) is 0 Å². The van der Waals surface area contributed by atoms with Crippen LogP contribution in [0.3, 0.4) is 0 Å². The minimum atomic E-state index is -0.669. The van der Waals surface area contributed by atoms with E-state index < -0.39 is 5.91 Å². The maximum absolute atomic E-state index is 12.3. The summed E-state index contributed by atoms with van der Waals surface area (Å²) >= 11 is 12.1. The fraction of sp³-hybridized carbons (Fsp3) is 0. The predicted octanol–water partition coefficient (Wildman–Crippen LogP) is 5.50. The van der Waals surface area contributed by atoms with Gasteiger partial charge in [-0.25, -0.2) is 0 Å². The standard InChI is InChI=1S/C20H12Cl2N2O3/c21-13-5-7-16(22)15(10-13)19-8-6-14(27-19)9-12(11-23)20(26)24-17-3-1-2-4-18(17)25/h1-10,25H,(H,24,26)/b12-9-. The third kappa shape index (κ3) is 4.32. The van der Waals surface area contributed by atoms with E-state index in [1.54, 1.807) is 42.5 Å². The van der Waals surface area contributed by atoms with Gasteiger partial charge in [-0.15, -0.1) is 0 Å². The minimum Gasteiger partial charge on any atom is -0.506 e. The molecule has 1 aromatic heterocycles. The maximum Gasteiger partial charge on any atom is 0.266 e. The number of nitrogens with zero attached hydrogens (tertiary/aromatic N) is 1. The lowest BCUT2D eigenvalue weighted by Gasteiger charge is -2.05. The summed E-state index contributed by atoms with van der Waals surface area (Å²) < 4.78 is 5.66. The molecule has 0 saturated heterocycles. The van der Waals surface area contributed by atoms with E-state index in [1.165, 1.54) is 18.2 Å². The molecular weight excluding hydrogens is 387 g/mol. The van der Waals surface area contributed by atoms with Crippen molar-refractivity contribution in [2.75, 3.05) is 5.32 Å². The van der Waals surface area contributed by atoms with Crippen LogP contribution >= 0.6 is 23.2 Å². The van der Waals surface area contributed by atoms with Crippen molar-refractivity contribution in [1.29, 1.82) is 5.26 Å². The van der Waals surface area contributed by atoms with Crippen molar-refractivity contribution >= 4 is 40.9 Å². The topological polar surface area (TPSA) is 86.3 Å². The molecule has 0 fully saturated rings. The lowest BCUT2D eigenvalue weighted by molar-refractivity contribution is -0.112. The number of phenolic OH excluding ortho intramolecular Hbond substituents is 1. The number of hydrogen-bond acceptors (Lipinski definition) is 4. The number of halogens is 2. The number of carbonyl (C=O) groups is 1. The zero-order valence-corrected chi connectivity index (χ0v) is 15.3. The smallest absolute Gasteiger partial charge is 0.266 e. The molecule has 0 aliphatic rings. The van der Waals surface area contributed by atoms with Crippen molar-refractivity contribution in [2.45, 2.75) is 0 Å². The minimum absolute atomic E-state index is 0.0981. The fourth-order valence-electron chi connectivity index (χ4n) is 2.32. The van der Waals surface area contributed by atoms with E-state index in [9.17, 15) is 15.2 Å². The number of aromatic hydroxyl groups is 1. The van der Waals surface area contributed by atoms with Gasteiger partial charge in [-0.05, 0) is 42.5 Å². The summed E-state index contributed by atoms with van der Waals surface area (Å²) in [6.45, 7) is 0. The highest BCUT2D eigenvalue weighted by Crippen LogP contribution is 2.32. The van der Waals surface area contributed by atoms with Crippen LogP contribution in [0.1, 0.15) is 5.76 Å². The average molecular weight is 399 g/mol. The Morgan fingerprint density at radius 2 is 1.93 bits per heavy atom. The zero-order valence-electron chi connectivity index (χ0n) is 13.7. The van der Waals surface area contributed by atoms with Crippen molar-refractivity contribution in [3.63, 3.8) is 0 Å². The first kappa shape index (κ1) is 18.6. The highest BCUT2D eigenvalue weighted by Gasteiger charge is 2.14. The first-order valence-electron chi connectivity index (χ1n) is 7.74. The van der Waals surface area contributed by atoms with Gasteiger partial charge in [0.1, 0.15) is 28.9 Å². The number of carbonyl (C=O) groups excluding carboxylic acids is 1. The molecule has 134 valence electrons. The molecule has 0 aliphatic heterocycles. The number of rotatable bonds is 4. The van der Waals surface area contributed by atoms with Crippen LogP contribution in [0, 0.1) is 11.3 Å². The summed E-state index contributed by atoms with van der Waals surface area (Å²) in [4.78, 5) is 12.3. The number of anilines is 1. The number of para-hydroxylation sites is 2. The highest BCUT2D eigenvalue weighted by atomic mass is 35.5. The average Bonchev–Trinajstić information content (AvgIpc) is 3.12. The molecule has 0 bridgehead atoms. The number of benzene rings is 2. The molecule has 2 aromatic carbocycles. The van der Waals surface area contributed by atoms with E-state index in [1.807, 2.05) is 6.07 Å². The second kappa shape index (κ2) is 8.00. The summed E-state index contributed by atoms with van der Waals surface area (Å²) in [5.41, 5.74) is 0.617. The third-order valence-electron chi connectivity index (χ3n) is 3.62. The van der Waals surface area contributed by atoms with Crippen molar-refractivity contribution in [3.05, 3.63) is 76.0 Å². The molecule has 0 unspecified atom stereocenters. The Hall–Kier alpha value is -3.20. The molecule has 7 heteroatoms. The second-order valence-corrected chi connectivity index (χ2v) is 6.31. The molecule has 3 aromatic rings. The number of amides is 1. The SMILES string of the molecule is N#C/C(=C/c1ccc(-c2cc(Cl)ccc2Cl)o1)C(=O)Nc1ccccc1O. The van der Waals surface area contributed by atoms with E-state index in [4.69, 9.17) is 27.6 Å². The molecule has 1 heterocycles. The van der Waals surface area contributed by atoms with Gasteiger partial charge in [-0.1, -0.05) is 35.3 Å². The van der Waals surface area contributed by atoms with Crippen molar-refractivity contribution < 1.29 is 14.3 Å². The molecule has 0 radical (unpaired) electrons. The second-order valence-electron chi connectivity index (χ2n) is 5.47. The first-order chi connectivity index (χ1) is 13.0. The van der Waals surface area contributed by atoms with Gasteiger partial charge >= 0.3 is 0 Å². The van der Waals surface area contributed by atoms with Gasteiger partial charge in [-0.3, -0.25) is 4.79 Å². The molecule has 1 amide bonds. The fourth-order valence-corrected chi connectivity index (χ4v) is 2.70. The lowest BCUT2D eigenvalue weighted by atomic mass is 10.2. The van der Waals surface area contributed by atoms with Gasteiger partial charge in [0, 0.05) is 16.7 Å². The number of nitriles is 1. The van der Waals surface area contributed by atoms with Gasteiger partial charge < -0.3 is 14.8 Å². The van der Waals surface area contributed by atoms with E-state index >= 15 is 0 Å². The summed E-state index contributed by atoms with van der Waals surface area (Å²) in [6, 6.07) is 16.3. The van der Waals surface area contributed by atoms with Crippen LogP contribution in [0.2, 0.25) is 10.0 Å². The molecule has 0 aliphatic carbocycles. The molecular formula is C20H12Cl2N2O3. The Morgan fingerprint density at radius 3 is 2.67 bits per heavy atom. The van der Waals surface area contributed by atoms with Gasteiger partial charge in [0.15, 0.2) is 0 Å². The number of phenols is 1. The zero-order chi connectivity index (χ0) is 19.4. The van der Waals surface area contributed by atoms with Crippen molar-refractivity contribution in [3.8, 4) is 23.1 Å². The van der Waals surface area contributed by atoms with Gasteiger partial charge in [0.25, 0.3) is 5.91 Å². The first-order valence-corrected chi connectivity index (χ1v) is 8.50. The number of furan rings is 1. The maximum atomic E-state index is 12.3. The molecule has 3 rings (SSSR count). The number of hydrogen-bond donors (Lipinski definition) is 2. The van der Waals surface area contributed by atoms with Gasteiger partial charge in [0.2, 0.25) is 0 Å². The van der Waals surface area contributed by atoms with E-state index in [0.29, 0.717) is 27.1 Å². The van der Waals surface area contributed by atoms with E-state index in [2.05, 4.69) is 5.32 Å². The van der Waals surface area contributed by atoms with Gasteiger partial charge in [0.05, 0.1) is 10.7 Å². The molecule has 0 spiro atoms. The third-order valence-corrected chi connectivity index (χ3v) is 4.19. The van der Waals surface area contributed by atoms with Gasteiger partial charge in [-0.2, -0.15) is 5.26 Å². The normalized spacial score (nSPS) is 11.1. The largest absolute Gasteiger partial charge is 0.506 e. The predicted molar refractivity (Wildman–Crippen MR) is 104 cm³/mol. The molecule has 2 N–H and O–H groups in total. The van der Waals surface area contributed by atoms with Crippen LogP contribution in [0.25, 0.3) is 17.4 Å². The summed E-state index contributed by atoms with van der Waals surface area (Å²) in [7, 11) is 0. The van der Waals surface area contributed by atoms with Crippen LogP contribution in [-0.2, 0) is 4.79 Å². The van der Waals surface area contributed by atoms with Crippen LogP contribution in [-0.4, -0.2) is 11.0 Å². The van der Waals surface area contributed by atoms with Crippen LogP contribution < -0.4 is 5.32 Å². The Labute approximate surface area is 165 Å². The van der Waals surface area contributed by atoms with E-state index in [-0.39, 0.29) is 17.0 Å². The summed E-state index contributed by atoms with van der Waals surface area (Å²) in [6.07, 6.45) is 1.30. The Kier molecular flexibility index (Phi) is 5.51. The lowest BCUT2D eigenvalue weighted by Crippen LogP contribution is -2.13. The van der Waals surface area contributed by atoms with Crippen LogP contribution in [0.5, 0.6) is 5.75 Å². The van der Waals surface area contributed by atoms with Crippen LogP contribution in [0.15, 0.2) is 64.6 Å². The van der Waals surface area contributed by atoms with Crippen molar-refractivity contribution in [1.82, 2.24) is 0 Å². The Morgan fingerprint density at radius 1 is 1.15 bits per heavy atom.